The molecule has 1 fully saturated rings. The predicted molar refractivity (Wildman–Crippen MR) is 85.4 cm³/mol. The Balaban J connectivity index is 2.33. The molecule has 4 heteroatoms. The number of piperidine rings is 1. The van der Waals surface area contributed by atoms with Crippen LogP contribution in [0.25, 0.3) is 0 Å². The van der Waals surface area contributed by atoms with E-state index in [4.69, 9.17) is 0 Å². The number of anilines is 2. The number of nitrogens with one attached hydrogen (secondary N) is 1. The van der Waals surface area contributed by atoms with Gasteiger partial charge in [0.1, 0.15) is 18.0 Å². The molecule has 2 rings (SSSR count). The van der Waals surface area contributed by atoms with E-state index in [0.717, 1.165) is 43.1 Å². The molecule has 0 aromatic carbocycles. The van der Waals surface area contributed by atoms with Crippen LogP contribution in [0.4, 0.5) is 11.6 Å². The minimum absolute atomic E-state index is 0.426. The van der Waals surface area contributed by atoms with Crippen LogP contribution in [0, 0.1) is 11.8 Å². The molecule has 4 nitrogen and oxygen atoms in total. The largest absolute Gasteiger partial charge is 0.370 e. The van der Waals surface area contributed by atoms with E-state index in [0.29, 0.717) is 5.92 Å². The summed E-state index contributed by atoms with van der Waals surface area (Å²) < 4.78 is 0. The molecule has 0 bridgehead atoms. The Kier molecular flexibility index (Phi) is 4.84. The van der Waals surface area contributed by atoms with Crippen LogP contribution in [0.3, 0.4) is 0 Å². The van der Waals surface area contributed by atoms with Gasteiger partial charge in [-0.3, -0.25) is 0 Å². The van der Waals surface area contributed by atoms with Gasteiger partial charge in [0.2, 0.25) is 0 Å². The highest BCUT2D eigenvalue weighted by Gasteiger charge is 2.26. The van der Waals surface area contributed by atoms with Crippen molar-refractivity contribution in [1.82, 2.24) is 9.97 Å². The van der Waals surface area contributed by atoms with E-state index in [1.54, 1.807) is 6.33 Å². The second kappa shape index (κ2) is 6.42. The molecule has 1 aliphatic rings. The minimum atomic E-state index is 0.426. The molecule has 2 heterocycles. The zero-order chi connectivity index (χ0) is 14.7. The quantitative estimate of drug-likeness (QED) is 0.913. The Morgan fingerprint density at radius 2 is 2.05 bits per heavy atom. The smallest absolute Gasteiger partial charge is 0.137 e. The molecular weight excluding hydrogens is 248 g/mol. The molecule has 0 amide bonds. The summed E-state index contributed by atoms with van der Waals surface area (Å²) >= 11 is 0. The van der Waals surface area contributed by atoms with Crippen LogP contribution in [-0.2, 0) is 0 Å². The van der Waals surface area contributed by atoms with Gasteiger partial charge in [0.05, 0.1) is 0 Å². The molecule has 1 aromatic heterocycles. The number of nitrogens with zero attached hydrogens (tertiary/aromatic N) is 3. The maximum absolute atomic E-state index is 4.60. The fourth-order valence-electron chi connectivity index (χ4n) is 2.93. The van der Waals surface area contributed by atoms with Crippen molar-refractivity contribution in [3.8, 4) is 0 Å². The van der Waals surface area contributed by atoms with E-state index in [9.17, 15) is 0 Å². The highest BCUT2D eigenvalue weighted by molar-refractivity contribution is 5.60. The first-order valence-corrected chi connectivity index (χ1v) is 7.88. The van der Waals surface area contributed by atoms with Gasteiger partial charge < -0.3 is 10.2 Å². The Morgan fingerprint density at radius 1 is 1.30 bits per heavy atom. The van der Waals surface area contributed by atoms with Crippen molar-refractivity contribution in [2.24, 2.45) is 11.8 Å². The third-order valence-corrected chi connectivity index (χ3v) is 4.42. The summed E-state index contributed by atoms with van der Waals surface area (Å²) in [6, 6.07) is 0. The molecule has 1 saturated heterocycles. The molecule has 1 aromatic rings. The van der Waals surface area contributed by atoms with Gasteiger partial charge in [-0.2, -0.15) is 0 Å². The van der Waals surface area contributed by atoms with Crippen molar-refractivity contribution < 1.29 is 0 Å². The second-order valence-electron chi connectivity index (χ2n) is 6.33. The summed E-state index contributed by atoms with van der Waals surface area (Å²) in [6.45, 7) is 14.4. The Morgan fingerprint density at radius 3 is 2.65 bits per heavy atom. The fourth-order valence-corrected chi connectivity index (χ4v) is 2.93. The first-order valence-electron chi connectivity index (χ1n) is 7.88. The van der Waals surface area contributed by atoms with E-state index < -0.39 is 0 Å². The average molecular weight is 276 g/mol. The van der Waals surface area contributed by atoms with Gasteiger partial charge in [-0.05, 0) is 31.1 Å². The summed E-state index contributed by atoms with van der Waals surface area (Å²) in [5, 5.41) is 3.38. The van der Waals surface area contributed by atoms with Gasteiger partial charge in [-0.15, -0.1) is 0 Å². The molecule has 20 heavy (non-hydrogen) atoms. The van der Waals surface area contributed by atoms with Crippen LogP contribution < -0.4 is 10.2 Å². The second-order valence-corrected chi connectivity index (χ2v) is 6.33. The number of rotatable bonds is 4. The molecule has 112 valence electrons. The Bertz CT molecular complexity index is 444. The van der Waals surface area contributed by atoms with Crippen molar-refractivity contribution in [3.05, 3.63) is 11.9 Å². The van der Waals surface area contributed by atoms with Gasteiger partial charge in [0.25, 0.3) is 0 Å². The van der Waals surface area contributed by atoms with Crippen LogP contribution in [0.15, 0.2) is 6.33 Å². The maximum atomic E-state index is 4.60. The van der Waals surface area contributed by atoms with E-state index >= 15 is 0 Å². The maximum Gasteiger partial charge on any atom is 0.137 e. The lowest BCUT2D eigenvalue weighted by Crippen LogP contribution is -2.39. The van der Waals surface area contributed by atoms with Crippen molar-refractivity contribution in [2.45, 2.75) is 47.0 Å². The predicted octanol–water partition coefficient (Wildman–Crippen LogP) is 3.51. The molecule has 0 aliphatic carbocycles. The normalized spacial score (nSPS) is 23.2. The van der Waals surface area contributed by atoms with Crippen LogP contribution >= 0.6 is 0 Å². The van der Waals surface area contributed by atoms with Crippen LogP contribution in [-0.4, -0.2) is 29.6 Å². The van der Waals surface area contributed by atoms with E-state index in [-0.39, 0.29) is 0 Å². The van der Waals surface area contributed by atoms with Crippen LogP contribution in [0.1, 0.15) is 52.5 Å². The third-order valence-electron chi connectivity index (χ3n) is 4.42. The Hall–Kier alpha value is -1.32. The van der Waals surface area contributed by atoms with E-state index in [1.165, 1.54) is 12.0 Å². The number of aromatic nitrogens is 2. The molecule has 2 unspecified atom stereocenters. The van der Waals surface area contributed by atoms with Crippen molar-refractivity contribution in [3.63, 3.8) is 0 Å². The van der Waals surface area contributed by atoms with Gasteiger partial charge in [0.15, 0.2) is 0 Å². The lowest BCUT2D eigenvalue weighted by atomic mass is 9.88. The SMILES string of the molecule is CCNc1ncnc(N2CCC(C)C(C)C2)c1C(C)C. The highest BCUT2D eigenvalue weighted by Crippen LogP contribution is 2.34. The average Bonchev–Trinajstić information content (AvgIpc) is 2.42. The first-order chi connectivity index (χ1) is 9.54. The molecule has 0 spiro atoms. The molecule has 0 saturated carbocycles. The summed E-state index contributed by atoms with van der Waals surface area (Å²) in [7, 11) is 0. The lowest BCUT2D eigenvalue weighted by Gasteiger charge is -2.37. The van der Waals surface area contributed by atoms with Crippen molar-refractivity contribution in [1.29, 1.82) is 0 Å². The van der Waals surface area contributed by atoms with Crippen molar-refractivity contribution in [2.75, 3.05) is 29.9 Å². The summed E-state index contributed by atoms with van der Waals surface area (Å²) in [6.07, 6.45) is 2.95. The minimum Gasteiger partial charge on any atom is -0.370 e. The lowest BCUT2D eigenvalue weighted by molar-refractivity contribution is 0.322. The standard InChI is InChI=1S/C16H28N4/c1-6-17-15-14(11(2)3)16(19-10-18-15)20-8-7-12(4)13(5)9-20/h10-13H,6-9H2,1-5H3,(H,17,18,19). The monoisotopic (exact) mass is 276 g/mol. The topological polar surface area (TPSA) is 41.1 Å². The van der Waals surface area contributed by atoms with Crippen LogP contribution in [0.5, 0.6) is 0 Å². The van der Waals surface area contributed by atoms with Gasteiger partial charge in [0, 0.05) is 25.2 Å². The fraction of sp³-hybridized carbons (Fsp3) is 0.750. The molecular formula is C16H28N4. The Labute approximate surface area is 123 Å². The summed E-state index contributed by atoms with van der Waals surface area (Å²) in [5.41, 5.74) is 1.26. The molecule has 1 aliphatic heterocycles. The van der Waals surface area contributed by atoms with Crippen LogP contribution in [0.2, 0.25) is 0 Å². The van der Waals surface area contributed by atoms with Crippen molar-refractivity contribution >= 4 is 11.6 Å². The summed E-state index contributed by atoms with van der Waals surface area (Å²) in [4.78, 5) is 11.5. The molecule has 2 atom stereocenters. The number of hydrogen-bond donors (Lipinski definition) is 1. The third kappa shape index (κ3) is 3.05. The van der Waals surface area contributed by atoms with Gasteiger partial charge >= 0.3 is 0 Å². The van der Waals surface area contributed by atoms with E-state index in [1.807, 2.05) is 0 Å². The van der Waals surface area contributed by atoms with Gasteiger partial charge in [-0.1, -0.05) is 27.7 Å². The summed E-state index contributed by atoms with van der Waals surface area (Å²) in [5.74, 6) is 4.09. The molecule has 0 radical (unpaired) electrons. The zero-order valence-electron chi connectivity index (χ0n) is 13.5. The highest BCUT2D eigenvalue weighted by atomic mass is 15.2. The molecule has 1 N–H and O–H groups in total. The number of hydrogen-bond acceptors (Lipinski definition) is 4. The first kappa shape index (κ1) is 15.1. The zero-order valence-corrected chi connectivity index (χ0v) is 13.5. The van der Waals surface area contributed by atoms with E-state index in [2.05, 4.69) is 54.8 Å². The van der Waals surface area contributed by atoms with Gasteiger partial charge in [-0.25, -0.2) is 9.97 Å².